The van der Waals surface area contributed by atoms with E-state index in [-0.39, 0.29) is 11.3 Å². The molecule has 3 rings (SSSR count). The van der Waals surface area contributed by atoms with E-state index >= 15 is 0 Å². The Bertz CT molecular complexity index is 491. The van der Waals surface area contributed by atoms with Crippen LogP contribution in [0.2, 0.25) is 0 Å². The lowest BCUT2D eigenvalue weighted by Gasteiger charge is -2.30. The first kappa shape index (κ1) is 16.5. The van der Waals surface area contributed by atoms with Crippen LogP contribution in [-0.4, -0.2) is 25.5 Å². The minimum Gasteiger partial charge on any atom is -0.355 e. The van der Waals surface area contributed by atoms with Crippen LogP contribution in [0.15, 0.2) is 30.3 Å². The summed E-state index contributed by atoms with van der Waals surface area (Å²) in [6.45, 7) is 2.85. The quantitative estimate of drug-likeness (QED) is 0.725. The topological polar surface area (TPSA) is 53.2 Å². The van der Waals surface area contributed by atoms with Crippen molar-refractivity contribution in [3.63, 3.8) is 0 Å². The molecule has 0 unspecified atom stereocenters. The average Bonchev–Trinajstić information content (AvgIpc) is 3.26. The third kappa shape index (κ3) is 4.33. The van der Waals surface area contributed by atoms with Crippen molar-refractivity contribution in [3.8, 4) is 0 Å². The van der Waals surface area contributed by atoms with Crippen molar-refractivity contribution in [3.05, 3.63) is 35.9 Å². The summed E-state index contributed by atoms with van der Waals surface area (Å²) in [6.07, 6.45) is 7.68. The predicted octanol–water partition coefficient (Wildman–Crippen LogP) is 2.51. The molecule has 3 N–H and O–H groups in total. The van der Waals surface area contributed by atoms with Crippen LogP contribution in [0, 0.1) is 5.92 Å². The molecular weight excluding hydrogens is 286 g/mol. The Morgan fingerprint density at radius 2 is 1.83 bits per heavy atom. The van der Waals surface area contributed by atoms with Crippen molar-refractivity contribution in [1.29, 1.82) is 0 Å². The van der Waals surface area contributed by atoms with Crippen LogP contribution in [0.1, 0.15) is 50.5 Å². The Hall–Kier alpha value is -1.39. The third-order valence-corrected chi connectivity index (χ3v) is 5.49. The van der Waals surface area contributed by atoms with Crippen molar-refractivity contribution in [2.24, 2.45) is 5.92 Å². The van der Waals surface area contributed by atoms with Gasteiger partial charge in [0.2, 0.25) is 5.91 Å². The zero-order valence-corrected chi connectivity index (χ0v) is 13.9. The number of rotatable bonds is 7. The van der Waals surface area contributed by atoms with E-state index < -0.39 is 0 Å². The predicted molar refractivity (Wildman–Crippen MR) is 92.9 cm³/mol. The normalized spacial score (nSPS) is 20.7. The Balaban J connectivity index is 1.46. The van der Waals surface area contributed by atoms with Crippen molar-refractivity contribution < 1.29 is 4.79 Å². The summed E-state index contributed by atoms with van der Waals surface area (Å²) in [7, 11) is 0. The molecule has 0 spiro atoms. The van der Waals surface area contributed by atoms with E-state index in [0.29, 0.717) is 12.3 Å². The van der Waals surface area contributed by atoms with E-state index in [0.717, 1.165) is 32.5 Å². The van der Waals surface area contributed by atoms with Gasteiger partial charge in [-0.1, -0.05) is 43.2 Å². The minimum atomic E-state index is 0.163. The van der Waals surface area contributed by atoms with E-state index in [1.54, 1.807) is 0 Å². The van der Waals surface area contributed by atoms with Gasteiger partial charge in [-0.3, -0.25) is 15.6 Å². The molecule has 1 saturated heterocycles. The minimum absolute atomic E-state index is 0.163. The van der Waals surface area contributed by atoms with Crippen LogP contribution >= 0.6 is 0 Å². The highest BCUT2D eigenvalue weighted by Gasteiger charge is 2.35. The Kier molecular flexibility index (Phi) is 5.68. The van der Waals surface area contributed by atoms with Crippen molar-refractivity contribution in [2.75, 3.05) is 19.6 Å². The van der Waals surface area contributed by atoms with Gasteiger partial charge in [0.1, 0.15) is 0 Å². The van der Waals surface area contributed by atoms with E-state index in [1.807, 2.05) is 0 Å². The summed E-state index contributed by atoms with van der Waals surface area (Å²) in [5.74, 6) is 0.888. The average molecular weight is 315 g/mol. The van der Waals surface area contributed by atoms with E-state index in [2.05, 4.69) is 46.5 Å². The van der Waals surface area contributed by atoms with Crippen molar-refractivity contribution in [2.45, 2.75) is 50.4 Å². The fourth-order valence-electron chi connectivity index (χ4n) is 4.03. The van der Waals surface area contributed by atoms with Gasteiger partial charge in [-0.15, -0.1) is 0 Å². The number of carbonyl (C=O) groups excluding carboxylic acids is 1. The summed E-state index contributed by atoms with van der Waals surface area (Å²) in [5.41, 5.74) is 7.84. The van der Waals surface area contributed by atoms with Gasteiger partial charge in [0.15, 0.2) is 0 Å². The maximum absolute atomic E-state index is 12.2. The lowest BCUT2D eigenvalue weighted by atomic mass is 9.79. The van der Waals surface area contributed by atoms with Gasteiger partial charge in [-0.05, 0) is 37.2 Å². The van der Waals surface area contributed by atoms with Crippen LogP contribution in [-0.2, 0) is 10.2 Å². The van der Waals surface area contributed by atoms with Gasteiger partial charge in [0, 0.05) is 31.5 Å². The third-order valence-electron chi connectivity index (χ3n) is 5.49. The number of nitrogens with one attached hydrogen (secondary N) is 3. The molecule has 0 aromatic heterocycles. The second-order valence-electron chi connectivity index (χ2n) is 7.15. The number of carbonyl (C=O) groups is 1. The van der Waals surface area contributed by atoms with Crippen LogP contribution in [0.5, 0.6) is 0 Å². The molecule has 1 heterocycles. The summed E-state index contributed by atoms with van der Waals surface area (Å²) < 4.78 is 0. The first-order chi connectivity index (χ1) is 11.3. The highest BCUT2D eigenvalue weighted by atomic mass is 16.1. The molecule has 1 saturated carbocycles. The molecular formula is C19H29N3O. The van der Waals surface area contributed by atoms with Crippen LogP contribution < -0.4 is 16.2 Å². The summed E-state index contributed by atoms with van der Waals surface area (Å²) in [4.78, 5) is 12.2. The van der Waals surface area contributed by atoms with Gasteiger partial charge in [0.05, 0.1) is 0 Å². The molecule has 2 fully saturated rings. The molecule has 1 aliphatic carbocycles. The molecule has 4 nitrogen and oxygen atoms in total. The van der Waals surface area contributed by atoms with Crippen LogP contribution in [0.25, 0.3) is 0 Å². The number of hydrogen-bond donors (Lipinski definition) is 3. The first-order valence-corrected chi connectivity index (χ1v) is 9.06. The molecule has 23 heavy (non-hydrogen) atoms. The molecule has 0 bridgehead atoms. The molecule has 2 aliphatic rings. The molecule has 1 aliphatic heterocycles. The molecule has 1 aromatic rings. The van der Waals surface area contributed by atoms with Gasteiger partial charge >= 0.3 is 0 Å². The van der Waals surface area contributed by atoms with Gasteiger partial charge in [0.25, 0.3) is 0 Å². The monoisotopic (exact) mass is 315 g/mol. The molecule has 1 aromatic carbocycles. The Labute approximate surface area is 139 Å². The smallest absolute Gasteiger partial charge is 0.220 e. The second-order valence-corrected chi connectivity index (χ2v) is 7.15. The fourth-order valence-corrected chi connectivity index (χ4v) is 4.03. The van der Waals surface area contributed by atoms with E-state index in [9.17, 15) is 4.79 Å². The standard InChI is InChI=1S/C19H29N3O/c23-18(10-6-7-16-13-21-22-14-16)20-15-19(11-4-5-12-19)17-8-2-1-3-9-17/h1-3,8-9,16,21-22H,4-7,10-15H2,(H,20,23). The summed E-state index contributed by atoms with van der Waals surface area (Å²) in [6, 6.07) is 10.7. The summed E-state index contributed by atoms with van der Waals surface area (Å²) >= 11 is 0. The van der Waals surface area contributed by atoms with E-state index in [1.165, 1.54) is 31.2 Å². The highest BCUT2D eigenvalue weighted by molar-refractivity contribution is 5.76. The Morgan fingerprint density at radius 3 is 2.52 bits per heavy atom. The zero-order valence-electron chi connectivity index (χ0n) is 13.9. The van der Waals surface area contributed by atoms with Gasteiger partial charge in [-0.2, -0.15) is 0 Å². The number of hydrazine groups is 1. The van der Waals surface area contributed by atoms with Crippen LogP contribution in [0.3, 0.4) is 0 Å². The summed E-state index contributed by atoms with van der Waals surface area (Å²) in [5, 5.41) is 3.22. The molecule has 0 radical (unpaired) electrons. The maximum atomic E-state index is 12.2. The van der Waals surface area contributed by atoms with E-state index in [4.69, 9.17) is 0 Å². The lowest BCUT2D eigenvalue weighted by molar-refractivity contribution is -0.121. The zero-order chi connectivity index (χ0) is 16.0. The number of benzene rings is 1. The molecule has 0 atom stereocenters. The second kappa shape index (κ2) is 7.93. The van der Waals surface area contributed by atoms with Crippen molar-refractivity contribution >= 4 is 5.91 Å². The number of amides is 1. The Morgan fingerprint density at radius 1 is 1.13 bits per heavy atom. The fraction of sp³-hybridized carbons (Fsp3) is 0.632. The lowest BCUT2D eigenvalue weighted by Crippen LogP contribution is -2.39. The molecule has 1 amide bonds. The molecule has 4 heteroatoms. The van der Waals surface area contributed by atoms with Gasteiger partial charge < -0.3 is 5.32 Å². The molecule has 126 valence electrons. The SMILES string of the molecule is O=C(CCCC1CNNC1)NCC1(c2ccccc2)CCCC1. The first-order valence-electron chi connectivity index (χ1n) is 9.06. The maximum Gasteiger partial charge on any atom is 0.220 e. The van der Waals surface area contributed by atoms with Crippen molar-refractivity contribution in [1.82, 2.24) is 16.2 Å². The van der Waals surface area contributed by atoms with Crippen LogP contribution in [0.4, 0.5) is 0 Å². The largest absolute Gasteiger partial charge is 0.355 e. The number of hydrogen-bond acceptors (Lipinski definition) is 3. The highest BCUT2D eigenvalue weighted by Crippen LogP contribution is 2.40. The van der Waals surface area contributed by atoms with Gasteiger partial charge in [-0.25, -0.2) is 0 Å².